The van der Waals surface area contributed by atoms with E-state index in [9.17, 15) is 4.79 Å². The van der Waals surface area contributed by atoms with Crippen molar-refractivity contribution in [2.24, 2.45) is 5.41 Å². The standard InChI is InChI=1S/C12H18O/c1-7-8(2)10(4)12(5,6)11(13)9(7)3/h1-6H3/i1D3. The highest BCUT2D eigenvalue weighted by Crippen LogP contribution is 2.39. The van der Waals surface area contributed by atoms with Gasteiger partial charge >= 0.3 is 0 Å². The first-order valence-corrected chi connectivity index (χ1v) is 4.45. The third-order valence-electron chi connectivity index (χ3n) is 3.16. The molecule has 0 radical (unpaired) electrons. The van der Waals surface area contributed by atoms with Crippen LogP contribution in [0.15, 0.2) is 22.3 Å². The molecule has 0 N–H and O–H groups in total. The van der Waals surface area contributed by atoms with Crippen LogP contribution in [0.4, 0.5) is 0 Å². The van der Waals surface area contributed by atoms with Gasteiger partial charge in [-0.1, -0.05) is 5.57 Å². The molecule has 13 heavy (non-hydrogen) atoms. The van der Waals surface area contributed by atoms with Crippen molar-refractivity contribution in [1.29, 1.82) is 0 Å². The van der Waals surface area contributed by atoms with Crippen LogP contribution < -0.4 is 0 Å². The van der Waals surface area contributed by atoms with Crippen LogP contribution in [0, 0.1) is 5.41 Å². The third-order valence-corrected chi connectivity index (χ3v) is 3.16. The largest absolute Gasteiger partial charge is 0.294 e. The van der Waals surface area contributed by atoms with E-state index in [2.05, 4.69) is 0 Å². The minimum atomic E-state index is -2.21. The molecular weight excluding hydrogens is 160 g/mol. The Balaban J connectivity index is 3.54. The molecule has 72 valence electrons. The van der Waals surface area contributed by atoms with Gasteiger partial charge in [-0.15, -0.1) is 0 Å². The fourth-order valence-electron chi connectivity index (χ4n) is 1.69. The molecule has 1 heteroatoms. The molecule has 0 heterocycles. The average molecular weight is 181 g/mol. The van der Waals surface area contributed by atoms with Crippen molar-refractivity contribution in [3.63, 3.8) is 0 Å². The van der Waals surface area contributed by atoms with E-state index >= 15 is 0 Å². The number of hydrogen-bond acceptors (Lipinski definition) is 1. The molecule has 0 saturated heterocycles. The Bertz CT molecular complexity index is 408. The van der Waals surface area contributed by atoms with Crippen LogP contribution in [-0.4, -0.2) is 5.78 Å². The zero-order valence-electron chi connectivity index (χ0n) is 11.9. The summed E-state index contributed by atoms with van der Waals surface area (Å²) < 4.78 is 22.5. The van der Waals surface area contributed by atoms with Gasteiger partial charge in [0, 0.05) is 9.53 Å². The first kappa shape index (κ1) is 6.58. The van der Waals surface area contributed by atoms with E-state index in [-0.39, 0.29) is 11.4 Å². The minimum absolute atomic E-state index is 0.0817. The zero-order chi connectivity index (χ0) is 12.9. The van der Waals surface area contributed by atoms with Gasteiger partial charge in [-0.3, -0.25) is 4.79 Å². The number of rotatable bonds is 0. The van der Waals surface area contributed by atoms with E-state index in [4.69, 9.17) is 4.11 Å². The summed E-state index contributed by atoms with van der Waals surface area (Å²) in [5, 5.41) is 0. The summed E-state index contributed by atoms with van der Waals surface area (Å²) in [7, 11) is 0. The van der Waals surface area contributed by atoms with Crippen LogP contribution in [0.1, 0.15) is 45.6 Å². The van der Waals surface area contributed by atoms with E-state index in [1.165, 1.54) is 0 Å². The molecular formula is C12H18O. The Morgan fingerprint density at radius 2 is 1.62 bits per heavy atom. The quantitative estimate of drug-likeness (QED) is 0.560. The van der Waals surface area contributed by atoms with Gasteiger partial charge in [0.15, 0.2) is 5.78 Å². The summed E-state index contributed by atoms with van der Waals surface area (Å²) in [5.74, 6) is -0.0817. The van der Waals surface area contributed by atoms with Gasteiger partial charge in [0.1, 0.15) is 0 Å². The van der Waals surface area contributed by atoms with Gasteiger partial charge in [0.05, 0.1) is 0 Å². The monoisotopic (exact) mass is 181 g/mol. The number of allylic oxidation sites excluding steroid dienone is 4. The molecule has 0 aromatic rings. The Hall–Kier alpha value is -0.850. The lowest BCUT2D eigenvalue weighted by Crippen LogP contribution is -2.31. The van der Waals surface area contributed by atoms with Gasteiger partial charge in [0.2, 0.25) is 0 Å². The molecule has 1 aliphatic carbocycles. The highest BCUT2D eigenvalue weighted by molar-refractivity contribution is 6.03. The molecule has 0 spiro atoms. The summed E-state index contributed by atoms with van der Waals surface area (Å²) in [5.41, 5.74) is 1.63. The smallest absolute Gasteiger partial charge is 0.168 e. The maximum atomic E-state index is 12.1. The molecule has 1 rings (SSSR count). The molecule has 0 aliphatic heterocycles. The van der Waals surface area contributed by atoms with Gasteiger partial charge in [0.25, 0.3) is 0 Å². The number of Topliss-reactive ketones (excluding diaryl/α,β-unsaturated/α-hetero) is 1. The molecule has 0 unspecified atom stereocenters. The summed E-state index contributed by atoms with van der Waals surface area (Å²) in [4.78, 5) is 12.1. The summed E-state index contributed by atoms with van der Waals surface area (Å²) in [6.45, 7) is 6.71. The Labute approximate surface area is 84.7 Å². The topological polar surface area (TPSA) is 17.1 Å². The lowest BCUT2D eigenvalue weighted by Gasteiger charge is -2.32. The van der Waals surface area contributed by atoms with Crippen LogP contribution >= 0.6 is 0 Å². The van der Waals surface area contributed by atoms with Crippen molar-refractivity contribution in [2.45, 2.75) is 41.5 Å². The number of hydrogen-bond donors (Lipinski definition) is 0. The molecule has 0 aromatic heterocycles. The molecule has 1 aliphatic rings. The van der Waals surface area contributed by atoms with E-state index in [0.717, 1.165) is 11.1 Å². The van der Waals surface area contributed by atoms with E-state index in [1.807, 2.05) is 20.8 Å². The first-order chi connectivity index (χ1) is 7.01. The normalized spacial score (nSPS) is 27.2. The Morgan fingerprint density at radius 1 is 1.08 bits per heavy atom. The van der Waals surface area contributed by atoms with Crippen LogP contribution in [0.25, 0.3) is 0 Å². The molecule has 1 nitrogen and oxygen atoms in total. The molecule has 0 atom stereocenters. The summed E-state index contributed by atoms with van der Waals surface area (Å²) >= 11 is 0. The van der Waals surface area contributed by atoms with Crippen molar-refractivity contribution in [3.05, 3.63) is 22.3 Å². The van der Waals surface area contributed by atoms with Crippen LogP contribution in [0.3, 0.4) is 0 Å². The van der Waals surface area contributed by atoms with E-state index in [1.54, 1.807) is 13.8 Å². The number of carbonyl (C=O) groups is 1. The van der Waals surface area contributed by atoms with Gasteiger partial charge in [-0.2, -0.15) is 0 Å². The van der Waals surface area contributed by atoms with Crippen LogP contribution in [0.5, 0.6) is 0 Å². The van der Waals surface area contributed by atoms with Gasteiger partial charge < -0.3 is 0 Å². The van der Waals surface area contributed by atoms with Crippen molar-refractivity contribution < 1.29 is 8.91 Å². The number of carbonyl (C=O) groups excluding carboxylic acids is 1. The maximum absolute atomic E-state index is 12.1. The predicted octanol–water partition coefficient (Wildman–Crippen LogP) is 3.27. The average Bonchev–Trinajstić information content (AvgIpc) is 2.11. The molecule has 0 saturated carbocycles. The minimum Gasteiger partial charge on any atom is -0.294 e. The Morgan fingerprint density at radius 3 is 2.08 bits per heavy atom. The van der Waals surface area contributed by atoms with Crippen molar-refractivity contribution in [3.8, 4) is 0 Å². The zero-order valence-corrected chi connectivity index (χ0v) is 8.91. The first-order valence-electron chi connectivity index (χ1n) is 5.95. The Kier molecular flexibility index (Phi) is 1.43. The van der Waals surface area contributed by atoms with Crippen LogP contribution in [-0.2, 0) is 4.79 Å². The molecule has 0 fully saturated rings. The van der Waals surface area contributed by atoms with Crippen molar-refractivity contribution in [1.82, 2.24) is 0 Å². The highest BCUT2D eigenvalue weighted by atomic mass is 16.1. The molecule has 0 amide bonds. The second-order valence-electron chi connectivity index (χ2n) is 4.20. The second kappa shape index (κ2) is 2.83. The van der Waals surface area contributed by atoms with E-state index < -0.39 is 12.3 Å². The third kappa shape index (κ3) is 1.27. The van der Waals surface area contributed by atoms with Gasteiger partial charge in [-0.25, -0.2) is 0 Å². The highest BCUT2D eigenvalue weighted by Gasteiger charge is 2.35. The van der Waals surface area contributed by atoms with Gasteiger partial charge in [-0.05, 0) is 58.2 Å². The predicted molar refractivity (Wildman–Crippen MR) is 55.5 cm³/mol. The fourth-order valence-corrected chi connectivity index (χ4v) is 1.69. The lowest BCUT2D eigenvalue weighted by atomic mass is 9.70. The SMILES string of the molecule is [2H]C([2H])([2H])C1=C(C)C(=O)C(C)(C)C(C)=C1C. The summed E-state index contributed by atoms with van der Waals surface area (Å²) in [6.07, 6.45) is 0. The second-order valence-corrected chi connectivity index (χ2v) is 4.20. The van der Waals surface area contributed by atoms with Crippen LogP contribution in [0.2, 0.25) is 0 Å². The van der Waals surface area contributed by atoms with Crippen molar-refractivity contribution >= 4 is 5.78 Å². The lowest BCUT2D eigenvalue weighted by molar-refractivity contribution is -0.121. The molecule has 0 aromatic carbocycles. The molecule has 0 bridgehead atoms. The summed E-state index contributed by atoms with van der Waals surface area (Å²) in [6, 6.07) is 0. The maximum Gasteiger partial charge on any atom is 0.168 e. The fraction of sp³-hybridized carbons (Fsp3) is 0.583. The number of ketones is 1. The van der Waals surface area contributed by atoms with E-state index in [0.29, 0.717) is 5.57 Å². The van der Waals surface area contributed by atoms with Crippen molar-refractivity contribution in [2.75, 3.05) is 0 Å².